The predicted molar refractivity (Wildman–Crippen MR) is 115 cm³/mol. The average Bonchev–Trinajstić information content (AvgIpc) is 2.95. The molecule has 0 fully saturated rings. The van der Waals surface area contributed by atoms with Crippen LogP contribution < -0.4 is 10.0 Å². The van der Waals surface area contributed by atoms with Gasteiger partial charge in [0.25, 0.3) is 0 Å². The van der Waals surface area contributed by atoms with E-state index < -0.39 is 10.0 Å². The Morgan fingerprint density at radius 1 is 1.21 bits per heavy atom. The first-order chi connectivity index (χ1) is 13.7. The van der Waals surface area contributed by atoms with Crippen molar-refractivity contribution in [2.24, 2.45) is 0 Å². The number of benzene rings is 1. The number of aryl methyl sites for hydroxylation is 3. The minimum Gasteiger partial charge on any atom is -0.351 e. The van der Waals surface area contributed by atoms with Crippen LogP contribution in [0.5, 0.6) is 0 Å². The average molecular weight is 439 g/mol. The molecule has 2 rings (SSSR count). The number of aromatic nitrogens is 2. The van der Waals surface area contributed by atoms with Crippen molar-refractivity contribution in [3.8, 4) is 0 Å². The molecule has 1 aromatic carbocycles. The molecule has 0 radical (unpaired) electrons. The van der Waals surface area contributed by atoms with Crippen LogP contribution in [-0.2, 0) is 21.4 Å². The van der Waals surface area contributed by atoms with E-state index in [2.05, 4.69) is 22.1 Å². The predicted octanol–water partition coefficient (Wildman–Crippen LogP) is 3.06. The van der Waals surface area contributed by atoms with Crippen LogP contribution in [-0.4, -0.2) is 37.2 Å². The lowest BCUT2D eigenvalue weighted by Gasteiger charge is -2.07. The van der Waals surface area contributed by atoms with Gasteiger partial charge in [-0.3, -0.25) is 9.48 Å². The van der Waals surface area contributed by atoms with Crippen LogP contribution in [0.3, 0.4) is 0 Å². The molecular weight excluding hydrogens is 412 g/mol. The van der Waals surface area contributed by atoms with E-state index in [1.807, 2.05) is 13.8 Å². The summed E-state index contributed by atoms with van der Waals surface area (Å²) in [5, 5.41) is 7.54. The first-order valence-corrected chi connectivity index (χ1v) is 11.4. The zero-order valence-electron chi connectivity index (χ0n) is 16.9. The Morgan fingerprint density at radius 3 is 2.55 bits per heavy atom. The third-order valence-corrected chi connectivity index (χ3v) is 6.16. The van der Waals surface area contributed by atoms with E-state index in [1.54, 1.807) is 35.0 Å². The molecule has 0 bridgehead atoms. The SMILES string of the molecule is CCCCn1nc(C)c(/C=C/C(=O)NCCNS(=O)(=O)c2ccc(C)cc2)c1Cl. The van der Waals surface area contributed by atoms with Crippen molar-refractivity contribution in [2.75, 3.05) is 13.1 Å². The van der Waals surface area contributed by atoms with Gasteiger partial charge in [0.15, 0.2) is 0 Å². The number of sulfonamides is 1. The van der Waals surface area contributed by atoms with Crippen molar-refractivity contribution >= 4 is 33.6 Å². The Bertz CT molecular complexity index is 966. The summed E-state index contributed by atoms with van der Waals surface area (Å²) >= 11 is 6.33. The van der Waals surface area contributed by atoms with Crippen LogP contribution in [0.2, 0.25) is 5.15 Å². The molecule has 1 heterocycles. The van der Waals surface area contributed by atoms with E-state index in [4.69, 9.17) is 11.6 Å². The van der Waals surface area contributed by atoms with Crippen molar-refractivity contribution in [3.05, 3.63) is 52.3 Å². The van der Waals surface area contributed by atoms with E-state index in [9.17, 15) is 13.2 Å². The molecule has 0 saturated carbocycles. The molecule has 29 heavy (non-hydrogen) atoms. The van der Waals surface area contributed by atoms with Gasteiger partial charge in [-0.25, -0.2) is 13.1 Å². The Labute approximate surface area is 177 Å². The van der Waals surface area contributed by atoms with Crippen molar-refractivity contribution in [1.29, 1.82) is 0 Å². The molecule has 0 saturated heterocycles. The summed E-state index contributed by atoms with van der Waals surface area (Å²) in [6.07, 6.45) is 5.01. The summed E-state index contributed by atoms with van der Waals surface area (Å²) in [5.74, 6) is -0.337. The number of amides is 1. The summed E-state index contributed by atoms with van der Waals surface area (Å²) in [6, 6.07) is 6.56. The van der Waals surface area contributed by atoms with Gasteiger partial charge in [0.1, 0.15) is 5.15 Å². The fourth-order valence-corrected chi connectivity index (χ4v) is 3.96. The number of nitrogens with zero attached hydrogens (tertiary/aromatic N) is 2. The molecule has 0 aliphatic carbocycles. The third kappa shape index (κ3) is 6.69. The van der Waals surface area contributed by atoms with Gasteiger partial charge >= 0.3 is 0 Å². The highest BCUT2D eigenvalue weighted by Crippen LogP contribution is 2.21. The second kappa shape index (κ2) is 10.6. The fraction of sp³-hybridized carbons (Fsp3) is 0.400. The lowest BCUT2D eigenvalue weighted by atomic mass is 10.2. The monoisotopic (exact) mass is 438 g/mol. The quantitative estimate of drug-likeness (QED) is 0.440. The first kappa shape index (κ1) is 23.1. The summed E-state index contributed by atoms with van der Waals surface area (Å²) in [4.78, 5) is 12.2. The van der Waals surface area contributed by atoms with E-state index in [1.165, 1.54) is 6.08 Å². The number of rotatable bonds is 10. The molecule has 158 valence electrons. The molecule has 1 aromatic heterocycles. The van der Waals surface area contributed by atoms with Crippen LogP contribution in [0.1, 0.15) is 36.6 Å². The smallest absolute Gasteiger partial charge is 0.244 e. The van der Waals surface area contributed by atoms with E-state index in [-0.39, 0.29) is 23.9 Å². The highest BCUT2D eigenvalue weighted by molar-refractivity contribution is 7.89. The number of hydrogen-bond acceptors (Lipinski definition) is 4. The summed E-state index contributed by atoms with van der Waals surface area (Å²) < 4.78 is 28.6. The highest BCUT2D eigenvalue weighted by Gasteiger charge is 2.13. The Morgan fingerprint density at radius 2 is 1.90 bits per heavy atom. The number of carbonyl (C=O) groups excluding carboxylic acids is 1. The lowest BCUT2D eigenvalue weighted by molar-refractivity contribution is -0.116. The van der Waals surface area contributed by atoms with E-state index in [0.29, 0.717) is 10.7 Å². The molecule has 0 spiro atoms. The number of hydrogen-bond donors (Lipinski definition) is 2. The zero-order valence-corrected chi connectivity index (χ0v) is 18.5. The minimum absolute atomic E-state index is 0.0878. The maximum atomic E-state index is 12.2. The summed E-state index contributed by atoms with van der Waals surface area (Å²) in [6.45, 7) is 6.80. The minimum atomic E-state index is -3.59. The van der Waals surface area contributed by atoms with E-state index in [0.717, 1.165) is 30.6 Å². The molecule has 2 aromatic rings. The molecule has 2 N–H and O–H groups in total. The van der Waals surface area contributed by atoms with Gasteiger partial charge in [0.2, 0.25) is 15.9 Å². The van der Waals surface area contributed by atoms with Crippen molar-refractivity contribution < 1.29 is 13.2 Å². The zero-order chi connectivity index (χ0) is 21.4. The fourth-order valence-electron chi connectivity index (χ4n) is 2.60. The van der Waals surface area contributed by atoms with Gasteiger partial charge in [-0.05, 0) is 38.5 Å². The van der Waals surface area contributed by atoms with Crippen LogP contribution in [0.25, 0.3) is 6.08 Å². The molecule has 9 heteroatoms. The number of carbonyl (C=O) groups is 1. The molecule has 1 amide bonds. The second-order valence-electron chi connectivity index (χ2n) is 6.70. The Balaban J connectivity index is 1.84. The normalized spacial score (nSPS) is 11.9. The number of nitrogens with one attached hydrogen (secondary N) is 2. The van der Waals surface area contributed by atoms with Gasteiger partial charge in [-0.15, -0.1) is 0 Å². The van der Waals surface area contributed by atoms with Gasteiger partial charge in [-0.2, -0.15) is 5.10 Å². The maximum Gasteiger partial charge on any atom is 0.244 e. The number of halogens is 1. The standard InChI is InChI=1S/C20H27ClN4O3S/c1-4-5-14-25-20(21)18(16(3)24-25)10-11-19(26)22-12-13-23-29(27,28)17-8-6-15(2)7-9-17/h6-11,23H,4-5,12-14H2,1-3H3,(H,22,26)/b11-10+. The van der Waals surface area contributed by atoms with Crippen LogP contribution >= 0.6 is 11.6 Å². The van der Waals surface area contributed by atoms with E-state index >= 15 is 0 Å². The molecule has 0 atom stereocenters. The second-order valence-corrected chi connectivity index (χ2v) is 8.83. The first-order valence-electron chi connectivity index (χ1n) is 9.49. The molecule has 0 aliphatic rings. The maximum absolute atomic E-state index is 12.2. The van der Waals surface area contributed by atoms with Crippen molar-refractivity contribution in [1.82, 2.24) is 19.8 Å². The summed E-state index contributed by atoms with van der Waals surface area (Å²) in [7, 11) is -3.59. The highest BCUT2D eigenvalue weighted by atomic mass is 35.5. The Kier molecular flexibility index (Phi) is 8.43. The van der Waals surface area contributed by atoms with Crippen LogP contribution in [0, 0.1) is 13.8 Å². The van der Waals surface area contributed by atoms with Crippen molar-refractivity contribution in [3.63, 3.8) is 0 Å². The van der Waals surface area contributed by atoms with Gasteiger partial charge in [0.05, 0.1) is 10.6 Å². The molecular formula is C20H27ClN4O3S. The molecule has 0 unspecified atom stereocenters. The Hall–Kier alpha value is -2.16. The van der Waals surface area contributed by atoms with Gasteiger partial charge in [-0.1, -0.05) is 42.6 Å². The number of unbranched alkanes of at least 4 members (excludes halogenated alkanes) is 1. The largest absolute Gasteiger partial charge is 0.351 e. The van der Waals surface area contributed by atoms with Crippen LogP contribution in [0.4, 0.5) is 0 Å². The van der Waals surface area contributed by atoms with Crippen LogP contribution in [0.15, 0.2) is 35.2 Å². The summed E-state index contributed by atoms with van der Waals surface area (Å²) in [5.41, 5.74) is 2.44. The molecule has 0 aliphatic heterocycles. The lowest BCUT2D eigenvalue weighted by Crippen LogP contribution is -2.34. The van der Waals surface area contributed by atoms with Gasteiger partial charge in [0, 0.05) is 31.3 Å². The van der Waals surface area contributed by atoms with Gasteiger partial charge < -0.3 is 5.32 Å². The third-order valence-electron chi connectivity index (χ3n) is 4.28. The van der Waals surface area contributed by atoms with Crippen molar-refractivity contribution in [2.45, 2.75) is 45.1 Å². The molecule has 7 nitrogen and oxygen atoms in total. The topological polar surface area (TPSA) is 93.1 Å².